The lowest BCUT2D eigenvalue weighted by atomic mass is 9.71. The number of rotatable bonds is 10. The molecule has 1 aliphatic heterocycles. The van der Waals surface area contributed by atoms with Gasteiger partial charge in [0.25, 0.3) is 0 Å². The van der Waals surface area contributed by atoms with Crippen molar-refractivity contribution in [1.82, 2.24) is 5.32 Å². The van der Waals surface area contributed by atoms with E-state index in [-0.39, 0.29) is 17.8 Å². The monoisotopic (exact) mass is 533 g/mol. The number of ether oxygens (including phenoxy) is 4. The maximum Gasteiger partial charge on any atom is 0.337 e. The van der Waals surface area contributed by atoms with E-state index in [0.717, 1.165) is 29.0 Å². The molecule has 0 saturated heterocycles. The van der Waals surface area contributed by atoms with Crippen molar-refractivity contribution in [2.24, 2.45) is 0 Å². The van der Waals surface area contributed by atoms with Crippen molar-refractivity contribution in [3.8, 4) is 17.2 Å². The average Bonchev–Trinajstić information content (AvgIpc) is 2.94. The molecule has 0 amide bonds. The lowest BCUT2D eigenvalue weighted by Gasteiger charge is -2.37. The highest BCUT2D eigenvalue weighted by atomic mass is 16.5. The van der Waals surface area contributed by atoms with Crippen LogP contribution in [0.1, 0.15) is 76.3 Å². The first-order valence-corrected chi connectivity index (χ1v) is 13.7. The van der Waals surface area contributed by atoms with Crippen LogP contribution in [0.25, 0.3) is 0 Å². The summed E-state index contributed by atoms with van der Waals surface area (Å²) in [5.41, 5.74) is 4.48. The predicted octanol–water partition coefficient (Wildman–Crippen LogP) is 6.20. The number of carbonyl (C=O) groups excluding carboxylic acids is 2. The van der Waals surface area contributed by atoms with E-state index in [2.05, 4.69) is 5.32 Å². The lowest BCUT2D eigenvalue weighted by Crippen LogP contribution is -2.36. The number of carbonyl (C=O) groups is 2. The fourth-order valence-corrected chi connectivity index (χ4v) is 5.28. The van der Waals surface area contributed by atoms with E-state index in [1.807, 2.05) is 70.2 Å². The molecule has 3 atom stereocenters. The largest absolute Gasteiger partial charge is 0.497 e. The summed E-state index contributed by atoms with van der Waals surface area (Å²) >= 11 is 0. The van der Waals surface area contributed by atoms with Gasteiger partial charge in [0.1, 0.15) is 5.75 Å². The van der Waals surface area contributed by atoms with Gasteiger partial charge >= 0.3 is 5.97 Å². The van der Waals surface area contributed by atoms with E-state index in [4.69, 9.17) is 18.9 Å². The predicted molar refractivity (Wildman–Crippen MR) is 150 cm³/mol. The van der Waals surface area contributed by atoms with E-state index in [0.29, 0.717) is 54.2 Å². The zero-order valence-electron chi connectivity index (χ0n) is 23.8. The quantitative estimate of drug-likeness (QED) is 0.364. The fraction of sp³-hybridized carbons (Fsp3) is 0.438. The zero-order chi connectivity index (χ0) is 28.1. The second-order valence-corrected chi connectivity index (χ2v) is 10.2. The number of nitrogens with one attached hydrogen (secondary N) is 1. The van der Waals surface area contributed by atoms with Gasteiger partial charge in [-0.2, -0.15) is 0 Å². The SMILES string of the molecule is CCCOc1ccc(C2C(C(=O)OC(C)CC)=C(C)NC3=C2C(=O)CC(c2ccc(OC)cc2)C3)cc1OC. The van der Waals surface area contributed by atoms with E-state index < -0.39 is 11.9 Å². The number of ketones is 1. The molecule has 0 radical (unpaired) electrons. The topological polar surface area (TPSA) is 83.1 Å². The van der Waals surface area contributed by atoms with Crippen LogP contribution in [0.4, 0.5) is 0 Å². The maximum atomic E-state index is 13.9. The number of allylic oxidation sites excluding steroid dienone is 3. The third kappa shape index (κ3) is 5.97. The van der Waals surface area contributed by atoms with Crippen molar-refractivity contribution in [3.63, 3.8) is 0 Å². The van der Waals surface area contributed by atoms with Gasteiger partial charge in [0.2, 0.25) is 0 Å². The fourth-order valence-electron chi connectivity index (χ4n) is 5.28. The van der Waals surface area contributed by atoms with Crippen molar-refractivity contribution in [2.75, 3.05) is 20.8 Å². The van der Waals surface area contributed by atoms with Gasteiger partial charge in [-0.15, -0.1) is 0 Å². The molecule has 7 heteroatoms. The van der Waals surface area contributed by atoms with Crippen LogP contribution in [0.15, 0.2) is 65.0 Å². The number of dihydropyridines is 1. The molecule has 0 bridgehead atoms. The average molecular weight is 534 g/mol. The van der Waals surface area contributed by atoms with E-state index in [9.17, 15) is 9.59 Å². The van der Waals surface area contributed by atoms with Gasteiger partial charge in [-0.3, -0.25) is 4.79 Å². The van der Waals surface area contributed by atoms with Gasteiger partial charge in [-0.05, 0) is 74.4 Å². The van der Waals surface area contributed by atoms with E-state index in [1.165, 1.54) is 0 Å². The molecule has 2 aliphatic rings. The first-order valence-electron chi connectivity index (χ1n) is 13.7. The van der Waals surface area contributed by atoms with Crippen LogP contribution in [0.3, 0.4) is 0 Å². The maximum absolute atomic E-state index is 13.9. The molecule has 0 aromatic heterocycles. The molecule has 7 nitrogen and oxygen atoms in total. The summed E-state index contributed by atoms with van der Waals surface area (Å²) in [6, 6.07) is 13.5. The minimum absolute atomic E-state index is 0.0150. The summed E-state index contributed by atoms with van der Waals surface area (Å²) < 4.78 is 22.6. The van der Waals surface area contributed by atoms with Crippen molar-refractivity contribution in [3.05, 3.63) is 76.1 Å². The number of hydrogen-bond acceptors (Lipinski definition) is 7. The summed E-state index contributed by atoms with van der Waals surface area (Å²) in [5.74, 6) is 1.02. The highest BCUT2D eigenvalue weighted by Crippen LogP contribution is 2.47. The van der Waals surface area contributed by atoms with Gasteiger partial charge in [-0.1, -0.05) is 32.0 Å². The minimum atomic E-state index is -0.573. The Balaban J connectivity index is 1.78. The summed E-state index contributed by atoms with van der Waals surface area (Å²) in [6.45, 7) is 8.33. The minimum Gasteiger partial charge on any atom is -0.497 e. The first-order chi connectivity index (χ1) is 18.8. The van der Waals surface area contributed by atoms with Gasteiger partial charge in [0.15, 0.2) is 17.3 Å². The molecule has 208 valence electrons. The van der Waals surface area contributed by atoms with Crippen molar-refractivity contribution >= 4 is 11.8 Å². The van der Waals surface area contributed by atoms with Gasteiger partial charge < -0.3 is 24.3 Å². The second kappa shape index (κ2) is 12.4. The zero-order valence-corrected chi connectivity index (χ0v) is 23.8. The highest BCUT2D eigenvalue weighted by molar-refractivity contribution is 6.04. The van der Waals surface area contributed by atoms with Gasteiger partial charge in [0, 0.05) is 29.3 Å². The molecule has 0 spiro atoms. The van der Waals surface area contributed by atoms with Crippen LogP contribution in [0.5, 0.6) is 17.2 Å². The Bertz CT molecular complexity index is 1280. The molecule has 1 heterocycles. The normalized spacial score (nSPS) is 19.7. The Hall–Kier alpha value is -3.74. The lowest BCUT2D eigenvalue weighted by molar-refractivity contribution is -0.144. The second-order valence-electron chi connectivity index (χ2n) is 10.2. The first kappa shape index (κ1) is 28.3. The molecule has 2 aromatic rings. The molecular formula is C32H39NO6. The Morgan fingerprint density at radius 1 is 1.00 bits per heavy atom. The number of esters is 1. The number of methoxy groups -OCH3 is 2. The molecule has 39 heavy (non-hydrogen) atoms. The molecule has 0 fully saturated rings. The Kier molecular flexibility index (Phi) is 9.00. The van der Waals surface area contributed by atoms with Crippen LogP contribution in [-0.4, -0.2) is 38.7 Å². The van der Waals surface area contributed by atoms with Gasteiger partial charge in [0.05, 0.1) is 32.5 Å². The smallest absolute Gasteiger partial charge is 0.337 e. The molecule has 4 rings (SSSR count). The van der Waals surface area contributed by atoms with E-state index in [1.54, 1.807) is 14.2 Å². The van der Waals surface area contributed by atoms with Crippen LogP contribution >= 0.6 is 0 Å². The third-order valence-electron chi connectivity index (χ3n) is 7.50. The molecular weight excluding hydrogens is 494 g/mol. The Morgan fingerprint density at radius 2 is 1.72 bits per heavy atom. The summed E-state index contributed by atoms with van der Waals surface area (Å²) in [4.78, 5) is 27.4. The van der Waals surface area contributed by atoms with Crippen molar-refractivity contribution in [2.45, 2.75) is 71.3 Å². The number of benzene rings is 2. The summed E-state index contributed by atoms with van der Waals surface area (Å²) in [6.07, 6.45) is 2.33. The molecule has 2 aromatic carbocycles. The van der Waals surface area contributed by atoms with Crippen molar-refractivity contribution in [1.29, 1.82) is 0 Å². The number of hydrogen-bond donors (Lipinski definition) is 1. The van der Waals surface area contributed by atoms with E-state index >= 15 is 0 Å². The highest BCUT2D eigenvalue weighted by Gasteiger charge is 2.42. The van der Waals surface area contributed by atoms with Crippen LogP contribution in [-0.2, 0) is 14.3 Å². The molecule has 3 unspecified atom stereocenters. The molecule has 0 saturated carbocycles. The summed E-state index contributed by atoms with van der Waals surface area (Å²) in [7, 11) is 3.23. The van der Waals surface area contributed by atoms with Crippen LogP contribution in [0.2, 0.25) is 0 Å². The van der Waals surface area contributed by atoms with Crippen molar-refractivity contribution < 1.29 is 28.5 Å². The van der Waals surface area contributed by atoms with Crippen LogP contribution in [0, 0.1) is 0 Å². The standard InChI is InChI=1S/C32H39NO6/c1-7-15-38-27-14-11-22(18-28(27)37-6)30-29(32(35)39-19(3)8-2)20(4)33-25-16-23(17-26(34)31(25)30)21-9-12-24(36-5)13-10-21/h9-14,18-19,23,30,33H,7-8,15-17H2,1-6H3. The van der Waals surface area contributed by atoms with Gasteiger partial charge in [-0.25, -0.2) is 4.79 Å². The van der Waals surface area contributed by atoms with Crippen LogP contribution < -0.4 is 19.5 Å². The number of Topliss-reactive ketones (excluding diaryl/α,β-unsaturated/α-hetero) is 1. The third-order valence-corrected chi connectivity index (χ3v) is 7.50. The molecule has 1 N–H and O–H groups in total. The Labute approximate surface area is 231 Å². The molecule has 1 aliphatic carbocycles. The summed E-state index contributed by atoms with van der Waals surface area (Å²) in [5, 5.41) is 3.42. The Morgan fingerprint density at radius 3 is 2.36 bits per heavy atom.